The maximum atomic E-state index is 12.4. The van der Waals surface area contributed by atoms with Gasteiger partial charge < -0.3 is 9.88 Å². The maximum Gasteiger partial charge on any atom is 0.270 e. The van der Waals surface area contributed by atoms with Gasteiger partial charge in [0.15, 0.2) is 0 Å². The zero-order valence-corrected chi connectivity index (χ0v) is 14.2. The third-order valence-electron chi connectivity index (χ3n) is 5.09. The molecule has 1 saturated carbocycles. The minimum Gasteiger partial charge on any atom is -0.357 e. The Morgan fingerprint density at radius 3 is 2.83 bits per heavy atom. The first-order chi connectivity index (χ1) is 11.3. The van der Waals surface area contributed by atoms with Crippen molar-refractivity contribution in [3.05, 3.63) is 28.3 Å². The number of hydrogen-bond donors (Lipinski definition) is 1. The summed E-state index contributed by atoms with van der Waals surface area (Å²) in [6, 6.07) is 1.95. The minimum absolute atomic E-state index is 0.121. The number of amides is 1. The van der Waals surface area contributed by atoms with E-state index in [1.807, 2.05) is 17.2 Å². The second kappa shape index (κ2) is 6.48. The van der Waals surface area contributed by atoms with Gasteiger partial charge in [0.2, 0.25) is 0 Å². The van der Waals surface area contributed by atoms with Gasteiger partial charge in [0.05, 0.1) is 10.7 Å². The van der Waals surface area contributed by atoms with Crippen molar-refractivity contribution in [2.75, 3.05) is 13.1 Å². The van der Waals surface area contributed by atoms with E-state index in [-0.39, 0.29) is 5.91 Å². The van der Waals surface area contributed by atoms with Crippen LogP contribution in [0.5, 0.6) is 0 Å². The predicted octanol–water partition coefficient (Wildman–Crippen LogP) is 4.11. The van der Waals surface area contributed by atoms with Crippen molar-refractivity contribution in [2.45, 2.75) is 44.9 Å². The normalized spacial score (nSPS) is 18.9. The molecule has 1 aliphatic carbocycles. The van der Waals surface area contributed by atoms with Crippen LogP contribution in [0.2, 0.25) is 0 Å². The van der Waals surface area contributed by atoms with Crippen LogP contribution >= 0.6 is 11.3 Å². The molecular formula is C18H23N3OS. The van der Waals surface area contributed by atoms with E-state index in [2.05, 4.69) is 10.4 Å². The fourth-order valence-electron chi connectivity index (χ4n) is 3.75. The molecule has 0 radical (unpaired) electrons. The van der Waals surface area contributed by atoms with E-state index in [9.17, 15) is 4.79 Å². The molecule has 122 valence electrons. The van der Waals surface area contributed by atoms with E-state index in [0.717, 1.165) is 49.5 Å². The van der Waals surface area contributed by atoms with Gasteiger partial charge in [0.1, 0.15) is 5.69 Å². The number of hydrogen-bond acceptors (Lipinski definition) is 3. The lowest BCUT2D eigenvalue weighted by atomic mass is 10.1. The van der Waals surface area contributed by atoms with Crippen LogP contribution in [-0.4, -0.2) is 33.9 Å². The van der Waals surface area contributed by atoms with Gasteiger partial charge in [-0.1, -0.05) is 25.7 Å². The van der Waals surface area contributed by atoms with Gasteiger partial charge in [0, 0.05) is 36.7 Å². The Labute approximate surface area is 140 Å². The molecule has 23 heavy (non-hydrogen) atoms. The first-order valence-corrected chi connectivity index (χ1v) is 9.60. The number of nitrogens with one attached hydrogen (secondary N) is 1. The Morgan fingerprint density at radius 2 is 2.04 bits per heavy atom. The smallest absolute Gasteiger partial charge is 0.270 e. The molecule has 0 atom stereocenters. The van der Waals surface area contributed by atoms with Crippen LogP contribution < -0.4 is 0 Å². The number of thiazole rings is 1. The second-order valence-corrected chi connectivity index (χ2v) is 7.73. The van der Waals surface area contributed by atoms with E-state index in [1.165, 1.54) is 30.7 Å². The van der Waals surface area contributed by atoms with Crippen LogP contribution in [0.1, 0.15) is 54.0 Å². The Hall–Kier alpha value is -1.62. The number of aromatic amines is 1. The van der Waals surface area contributed by atoms with E-state index in [4.69, 9.17) is 4.98 Å². The van der Waals surface area contributed by atoms with Crippen molar-refractivity contribution >= 4 is 17.2 Å². The molecule has 0 bridgehead atoms. The zero-order valence-electron chi connectivity index (χ0n) is 13.4. The highest BCUT2D eigenvalue weighted by Gasteiger charge is 2.21. The van der Waals surface area contributed by atoms with E-state index >= 15 is 0 Å². The van der Waals surface area contributed by atoms with Crippen LogP contribution in [-0.2, 0) is 6.42 Å². The third-order valence-corrected chi connectivity index (χ3v) is 5.96. The van der Waals surface area contributed by atoms with Crippen molar-refractivity contribution in [3.8, 4) is 11.3 Å². The molecule has 2 aromatic heterocycles. The Bertz CT molecular complexity index is 678. The molecule has 4 nitrogen and oxygen atoms in total. The summed E-state index contributed by atoms with van der Waals surface area (Å²) in [6.07, 6.45) is 10.7. The standard InChI is InChI=1S/C18H23N3OS/c22-18(21-7-3-4-8-21)15-10-14(11-19-15)16-12-23-17(20-16)9-13-5-1-2-6-13/h10-13,19H,1-9H2. The van der Waals surface area contributed by atoms with E-state index in [0.29, 0.717) is 5.69 Å². The molecule has 2 aromatic rings. The van der Waals surface area contributed by atoms with Crippen molar-refractivity contribution in [3.63, 3.8) is 0 Å². The quantitative estimate of drug-likeness (QED) is 0.918. The molecule has 5 heteroatoms. The van der Waals surface area contributed by atoms with Crippen molar-refractivity contribution in [1.29, 1.82) is 0 Å². The highest BCUT2D eigenvalue weighted by atomic mass is 32.1. The topological polar surface area (TPSA) is 49.0 Å². The number of aromatic nitrogens is 2. The lowest BCUT2D eigenvalue weighted by molar-refractivity contribution is 0.0788. The molecule has 2 aliphatic rings. The monoisotopic (exact) mass is 329 g/mol. The number of carbonyl (C=O) groups is 1. The van der Waals surface area contributed by atoms with Crippen LogP contribution in [0.3, 0.4) is 0 Å². The molecule has 0 spiro atoms. The molecule has 1 N–H and O–H groups in total. The zero-order chi connectivity index (χ0) is 15.6. The van der Waals surface area contributed by atoms with Gasteiger partial charge in [-0.3, -0.25) is 4.79 Å². The molecule has 3 heterocycles. The third kappa shape index (κ3) is 3.20. The van der Waals surface area contributed by atoms with Crippen LogP contribution in [0.4, 0.5) is 0 Å². The Kier molecular flexibility index (Phi) is 4.21. The summed E-state index contributed by atoms with van der Waals surface area (Å²) >= 11 is 1.75. The molecule has 1 aliphatic heterocycles. The highest BCUT2D eigenvalue weighted by molar-refractivity contribution is 7.09. The summed E-state index contributed by atoms with van der Waals surface area (Å²) in [6.45, 7) is 1.77. The summed E-state index contributed by atoms with van der Waals surface area (Å²) in [5.74, 6) is 0.947. The molecule has 4 rings (SSSR count). The number of nitrogens with zero attached hydrogens (tertiary/aromatic N) is 2. The fourth-order valence-corrected chi connectivity index (χ4v) is 4.67. The number of rotatable bonds is 4. The highest BCUT2D eigenvalue weighted by Crippen LogP contribution is 2.30. The van der Waals surface area contributed by atoms with Crippen molar-refractivity contribution < 1.29 is 4.79 Å². The number of likely N-dealkylation sites (tertiary alicyclic amines) is 1. The first-order valence-electron chi connectivity index (χ1n) is 8.72. The van der Waals surface area contributed by atoms with Gasteiger partial charge in [-0.05, 0) is 24.8 Å². The maximum absolute atomic E-state index is 12.4. The van der Waals surface area contributed by atoms with E-state index < -0.39 is 0 Å². The summed E-state index contributed by atoms with van der Waals surface area (Å²) in [4.78, 5) is 22.3. The van der Waals surface area contributed by atoms with Crippen molar-refractivity contribution in [2.24, 2.45) is 5.92 Å². The van der Waals surface area contributed by atoms with Gasteiger partial charge in [-0.15, -0.1) is 11.3 Å². The largest absolute Gasteiger partial charge is 0.357 e. The molecule has 0 aromatic carbocycles. The minimum atomic E-state index is 0.121. The fraction of sp³-hybridized carbons (Fsp3) is 0.556. The SMILES string of the molecule is O=C(c1cc(-c2csc(CC3CCCC3)n2)c[nH]1)N1CCCC1. The number of carbonyl (C=O) groups excluding carboxylic acids is 1. The molecule has 1 amide bonds. The van der Waals surface area contributed by atoms with Crippen LogP contribution in [0, 0.1) is 5.92 Å². The molecule has 2 fully saturated rings. The van der Waals surface area contributed by atoms with Crippen LogP contribution in [0.25, 0.3) is 11.3 Å². The summed E-state index contributed by atoms with van der Waals surface area (Å²) in [5.41, 5.74) is 2.72. The van der Waals surface area contributed by atoms with Gasteiger partial charge in [-0.25, -0.2) is 4.98 Å². The first kappa shape index (κ1) is 14.9. The Balaban J connectivity index is 1.46. The summed E-state index contributed by atoms with van der Waals surface area (Å²) < 4.78 is 0. The van der Waals surface area contributed by atoms with E-state index in [1.54, 1.807) is 11.3 Å². The molecule has 0 unspecified atom stereocenters. The predicted molar refractivity (Wildman–Crippen MR) is 92.7 cm³/mol. The van der Waals surface area contributed by atoms with Gasteiger partial charge in [0.25, 0.3) is 5.91 Å². The molecular weight excluding hydrogens is 306 g/mol. The second-order valence-electron chi connectivity index (χ2n) is 6.78. The van der Waals surface area contributed by atoms with Gasteiger partial charge >= 0.3 is 0 Å². The lowest BCUT2D eigenvalue weighted by Crippen LogP contribution is -2.27. The summed E-state index contributed by atoms with van der Waals surface area (Å²) in [5, 5.41) is 3.36. The van der Waals surface area contributed by atoms with Crippen LogP contribution in [0.15, 0.2) is 17.6 Å². The Morgan fingerprint density at radius 1 is 1.26 bits per heavy atom. The van der Waals surface area contributed by atoms with Gasteiger partial charge in [-0.2, -0.15) is 0 Å². The summed E-state index contributed by atoms with van der Waals surface area (Å²) in [7, 11) is 0. The van der Waals surface area contributed by atoms with Crippen molar-refractivity contribution in [1.82, 2.24) is 14.9 Å². The molecule has 1 saturated heterocycles. The number of H-pyrrole nitrogens is 1. The average molecular weight is 329 g/mol. The average Bonchev–Trinajstić information content (AvgIpc) is 3.33. The lowest BCUT2D eigenvalue weighted by Gasteiger charge is -2.13.